The highest BCUT2D eigenvalue weighted by Crippen LogP contribution is 2.37. The summed E-state index contributed by atoms with van der Waals surface area (Å²) in [6.07, 6.45) is 1.22. The van der Waals surface area contributed by atoms with Gasteiger partial charge in [0, 0.05) is 22.3 Å². The molecular formula is C13H18O2S. The fourth-order valence-corrected chi connectivity index (χ4v) is 3.00. The van der Waals surface area contributed by atoms with Gasteiger partial charge in [0.05, 0.1) is 11.7 Å². The van der Waals surface area contributed by atoms with Gasteiger partial charge < -0.3 is 4.74 Å². The summed E-state index contributed by atoms with van der Waals surface area (Å²) in [7, 11) is -0.765. The Balaban J connectivity index is 1.73. The Labute approximate surface area is 99.5 Å². The second-order valence-electron chi connectivity index (χ2n) is 4.77. The first-order valence-corrected chi connectivity index (χ1v) is 7.13. The molecule has 0 amide bonds. The third kappa shape index (κ3) is 3.16. The predicted octanol–water partition coefficient (Wildman–Crippen LogP) is 2.50. The van der Waals surface area contributed by atoms with E-state index in [-0.39, 0.29) is 5.60 Å². The Hall–Kier alpha value is -0.670. The van der Waals surface area contributed by atoms with Gasteiger partial charge >= 0.3 is 0 Å². The average Bonchev–Trinajstić information content (AvgIpc) is 2.85. The number of hydrogen-bond donors (Lipinski definition) is 0. The van der Waals surface area contributed by atoms with Crippen LogP contribution in [-0.2, 0) is 21.3 Å². The van der Waals surface area contributed by atoms with Gasteiger partial charge in [0.1, 0.15) is 0 Å². The molecule has 1 aromatic carbocycles. The molecule has 3 heteroatoms. The van der Waals surface area contributed by atoms with Crippen molar-refractivity contribution < 1.29 is 8.95 Å². The number of rotatable bonds is 5. The van der Waals surface area contributed by atoms with Crippen molar-refractivity contribution in [1.29, 1.82) is 0 Å². The monoisotopic (exact) mass is 238 g/mol. The van der Waals surface area contributed by atoms with Crippen molar-refractivity contribution in [2.45, 2.75) is 37.7 Å². The van der Waals surface area contributed by atoms with Gasteiger partial charge in [-0.3, -0.25) is 4.21 Å². The summed E-state index contributed by atoms with van der Waals surface area (Å²) >= 11 is 0. The predicted molar refractivity (Wildman–Crippen MR) is 66.7 cm³/mol. The van der Waals surface area contributed by atoms with E-state index in [0.29, 0.717) is 11.9 Å². The Morgan fingerprint density at radius 1 is 1.31 bits per heavy atom. The molecule has 2 rings (SSSR count). The molecule has 1 saturated heterocycles. The molecule has 88 valence electrons. The summed E-state index contributed by atoms with van der Waals surface area (Å²) in [5, 5.41) is 0. The molecule has 0 N–H and O–H groups in total. The number of epoxide rings is 1. The summed E-state index contributed by atoms with van der Waals surface area (Å²) in [6.45, 7) is 4.16. The minimum Gasteiger partial charge on any atom is -0.367 e. The SMILES string of the molecule is CC1(C)O[C@@H]1CCS(=O)Cc1ccccc1. The lowest BCUT2D eigenvalue weighted by Crippen LogP contribution is -2.08. The minimum atomic E-state index is -0.765. The number of benzene rings is 1. The zero-order chi connectivity index (χ0) is 11.6. The van der Waals surface area contributed by atoms with Crippen molar-refractivity contribution in [3.63, 3.8) is 0 Å². The summed E-state index contributed by atoms with van der Waals surface area (Å²) < 4.78 is 17.3. The molecule has 2 nitrogen and oxygen atoms in total. The second-order valence-corrected chi connectivity index (χ2v) is 6.35. The first-order valence-electron chi connectivity index (χ1n) is 5.65. The highest BCUT2D eigenvalue weighted by Gasteiger charge is 2.47. The van der Waals surface area contributed by atoms with E-state index in [4.69, 9.17) is 4.74 Å². The molecule has 1 fully saturated rings. The van der Waals surface area contributed by atoms with Crippen LogP contribution in [0.3, 0.4) is 0 Å². The lowest BCUT2D eigenvalue weighted by Gasteiger charge is -2.01. The Morgan fingerprint density at radius 3 is 2.50 bits per heavy atom. The van der Waals surface area contributed by atoms with E-state index >= 15 is 0 Å². The van der Waals surface area contributed by atoms with Crippen LogP contribution < -0.4 is 0 Å². The smallest absolute Gasteiger partial charge is 0.0892 e. The van der Waals surface area contributed by atoms with E-state index in [0.717, 1.165) is 17.7 Å². The van der Waals surface area contributed by atoms with Crippen LogP contribution in [0, 0.1) is 0 Å². The molecule has 0 aromatic heterocycles. The van der Waals surface area contributed by atoms with Crippen LogP contribution in [0.15, 0.2) is 30.3 Å². The quantitative estimate of drug-likeness (QED) is 0.738. The first-order chi connectivity index (χ1) is 7.58. The fraction of sp³-hybridized carbons (Fsp3) is 0.538. The Kier molecular flexibility index (Phi) is 3.45. The summed E-state index contributed by atoms with van der Waals surface area (Å²) in [5.41, 5.74) is 1.17. The lowest BCUT2D eigenvalue weighted by atomic mass is 10.1. The maximum atomic E-state index is 11.8. The van der Waals surface area contributed by atoms with Gasteiger partial charge in [-0.25, -0.2) is 0 Å². The van der Waals surface area contributed by atoms with Crippen LogP contribution in [0.2, 0.25) is 0 Å². The summed E-state index contributed by atoms with van der Waals surface area (Å²) in [6, 6.07) is 10.00. The number of hydrogen-bond acceptors (Lipinski definition) is 2. The third-order valence-corrected chi connectivity index (χ3v) is 4.29. The van der Waals surface area contributed by atoms with E-state index < -0.39 is 10.8 Å². The maximum Gasteiger partial charge on any atom is 0.0892 e. The van der Waals surface area contributed by atoms with Crippen LogP contribution in [0.4, 0.5) is 0 Å². The number of ether oxygens (including phenoxy) is 1. The normalized spacial score (nSPS) is 24.0. The first kappa shape index (κ1) is 11.8. The molecule has 0 aliphatic carbocycles. The summed E-state index contributed by atoms with van der Waals surface area (Å²) in [4.78, 5) is 0. The van der Waals surface area contributed by atoms with Crippen LogP contribution in [0.25, 0.3) is 0 Å². The molecule has 1 heterocycles. The Bertz CT molecular complexity index is 373. The fourth-order valence-electron chi connectivity index (χ4n) is 1.81. The molecule has 2 atom stereocenters. The molecule has 0 radical (unpaired) electrons. The molecule has 1 aliphatic heterocycles. The van der Waals surface area contributed by atoms with Crippen LogP contribution in [-0.4, -0.2) is 21.7 Å². The minimum absolute atomic E-state index is 0.0247. The highest BCUT2D eigenvalue weighted by molar-refractivity contribution is 7.84. The maximum absolute atomic E-state index is 11.8. The van der Waals surface area contributed by atoms with E-state index in [1.807, 2.05) is 30.3 Å². The molecular weight excluding hydrogens is 220 g/mol. The topological polar surface area (TPSA) is 29.6 Å². The van der Waals surface area contributed by atoms with Crippen LogP contribution in [0.5, 0.6) is 0 Å². The van der Waals surface area contributed by atoms with E-state index in [9.17, 15) is 4.21 Å². The van der Waals surface area contributed by atoms with Crippen molar-refractivity contribution in [3.8, 4) is 0 Å². The third-order valence-electron chi connectivity index (χ3n) is 2.94. The molecule has 1 aliphatic rings. The van der Waals surface area contributed by atoms with E-state index in [1.54, 1.807) is 0 Å². The molecule has 0 bridgehead atoms. The molecule has 0 spiro atoms. The van der Waals surface area contributed by atoms with Crippen LogP contribution in [0.1, 0.15) is 25.8 Å². The van der Waals surface area contributed by atoms with Crippen LogP contribution >= 0.6 is 0 Å². The molecule has 0 saturated carbocycles. The van der Waals surface area contributed by atoms with Crippen molar-refractivity contribution in [3.05, 3.63) is 35.9 Å². The lowest BCUT2D eigenvalue weighted by molar-refractivity contribution is 0.322. The molecule has 1 unspecified atom stereocenters. The summed E-state index contributed by atoms with van der Waals surface area (Å²) in [5.74, 6) is 1.40. The largest absolute Gasteiger partial charge is 0.367 e. The van der Waals surface area contributed by atoms with Crippen molar-refractivity contribution in [2.75, 3.05) is 5.75 Å². The van der Waals surface area contributed by atoms with Gasteiger partial charge in [-0.1, -0.05) is 30.3 Å². The van der Waals surface area contributed by atoms with Gasteiger partial charge in [0.25, 0.3) is 0 Å². The van der Waals surface area contributed by atoms with Crippen molar-refractivity contribution in [1.82, 2.24) is 0 Å². The Morgan fingerprint density at radius 2 is 1.94 bits per heavy atom. The van der Waals surface area contributed by atoms with Gasteiger partial charge in [-0.15, -0.1) is 0 Å². The van der Waals surface area contributed by atoms with E-state index in [2.05, 4.69) is 13.8 Å². The zero-order valence-corrected chi connectivity index (χ0v) is 10.6. The highest BCUT2D eigenvalue weighted by atomic mass is 32.2. The van der Waals surface area contributed by atoms with Gasteiger partial charge in [-0.05, 0) is 25.8 Å². The second kappa shape index (κ2) is 4.68. The molecule has 1 aromatic rings. The van der Waals surface area contributed by atoms with Gasteiger partial charge in [-0.2, -0.15) is 0 Å². The van der Waals surface area contributed by atoms with Gasteiger partial charge in [0.2, 0.25) is 0 Å². The molecule has 16 heavy (non-hydrogen) atoms. The standard InChI is InChI=1S/C13H18O2S/c1-13(2)12(15-13)8-9-16(14)10-11-6-4-3-5-7-11/h3-7,12H,8-10H2,1-2H3/t12-,16?/m1/s1. The van der Waals surface area contributed by atoms with Gasteiger partial charge in [0.15, 0.2) is 0 Å². The average molecular weight is 238 g/mol. The van der Waals surface area contributed by atoms with E-state index in [1.165, 1.54) is 0 Å². The van der Waals surface area contributed by atoms with Crippen molar-refractivity contribution in [2.24, 2.45) is 0 Å². The van der Waals surface area contributed by atoms with Crippen molar-refractivity contribution >= 4 is 10.8 Å². The zero-order valence-electron chi connectivity index (χ0n) is 9.81.